The fourth-order valence-corrected chi connectivity index (χ4v) is 3.52. The summed E-state index contributed by atoms with van der Waals surface area (Å²) in [6.07, 6.45) is 1.91. The van der Waals surface area contributed by atoms with Gasteiger partial charge in [0.05, 0.1) is 11.1 Å². The van der Waals surface area contributed by atoms with Crippen LogP contribution < -0.4 is 16.0 Å². The molecule has 176 valence electrons. The van der Waals surface area contributed by atoms with Gasteiger partial charge in [0.15, 0.2) is 0 Å². The number of carbonyl (C=O) groups is 4. The van der Waals surface area contributed by atoms with Crippen LogP contribution in [0.5, 0.6) is 0 Å². The van der Waals surface area contributed by atoms with E-state index in [1.807, 2.05) is 0 Å². The summed E-state index contributed by atoms with van der Waals surface area (Å²) in [7, 11) is 3.34. The number of pyridine rings is 1. The Bertz CT molecular complexity index is 853. The van der Waals surface area contributed by atoms with Crippen LogP contribution in [0.25, 0.3) is 0 Å². The largest absolute Gasteiger partial charge is 0.444 e. The van der Waals surface area contributed by atoms with Crippen LogP contribution in [0.2, 0.25) is 5.02 Å². The molecule has 0 bridgehead atoms. The third kappa shape index (κ3) is 7.67. The van der Waals surface area contributed by atoms with Crippen molar-refractivity contribution in [2.75, 3.05) is 19.4 Å². The van der Waals surface area contributed by atoms with Crippen LogP contribution in [-0.4, -0.2) is 65.5 Å². The lowest BCUT2D eigenvalue weighted by molar-refractivity contribution is -0.137. The molecule has 1 fully saturated rings. The maximum absolute atomic E-state index is 12.5. The normalized spacial score (nSPS) is 20.6. The summed E-state index contributed by atoms with van der Waals surface area (Å²) in [6.45, 7) is 5.21. The van der Waals surface area contributed by atoms with E-state index in [1.165, 1.54) is 23.2 Å². The topological polar surface area (TPSA) is 130 Å². The molecule has 1 aliphatic carbocycles. The monoisotopic (exact) mass is 467 g/mol. The highest BCUT2D eigenvalue weighted by Gasteiger charge is 2.37. The molecule has 1 saturated carbocycles. The summed E-state index contributed by atoms with van der Waals surface area (Å²) in [6, 6.07) is 1.87. The number of halogens is 1. The van der Waals surface area contributed by atoms with Crippen molar-refractivity contribution in [3.05, 3.63) is 23.4 Å². The zero-order valence-corrected chi connectivity index (χ0v) is 19.7. The Kier molecular flexibility index (Phi) is 8.43. The SMILES string of the molecule is CN(C)C(=O)[C@H]1CC[C@@H](NC(=O)C(=O)Nc2ccc(Cl)cn2)[C@@H](NC(=O)OC(C)(C)C)C1. The second kappa shape index (κ2) is 10.6. The molecule has 4 amide bonds. The van der Waals surface area contributed by atoms with Gasteiger partial charge in [0.2, 0.25) is 5.91 Å². The molecule has 0 unspecified atom stereocenters. The van der Waals surface area contributed by atoms with Crippen molar-refractivity contribution >= 4 is 41.2 Å². The van der Waals surface area contributed by atoms with Crippen molar-refractivity contribution in [2.24, 2.45) is 5.92 Å². The first kappa shape index (κ1) is 25.4. The lowest BCUT2D eigenvalue weighted by Crippen LogP contribution is -2.57. The summed E-state index contributed by atoms with van der Waals surface area (Å²) in [5, 5.41) is 8.19. The summed E-state index contributed by atoms with van der Waals surface area (Å²) in [5.74, 6) is -1.97. The lowest BCUT2D eigenvalue weighted by Gasteiger charge is -2.37. The smallest absolute Gasteiger partial charge is 0.407 e. The number of hydrogen-bond acceptors (Lipinski definition) is 6. The number of ether oxygens (including phenoxy) is 1. The zero-order chi connectivity index (χ0) is 24.1. The van der Waals surface area contributed by atoms with Crippen molar-refractivity contribution < 1.29 is 23.9 Å². The Labute approximate surface area is 192 Å². The third-order valence-corrected chi connectivity index (χ3v) is 5.06. The molecule has 3 N–H and O–H groups in total. The van der Waals surface area contributed by atoms with Crippen LogP contribution >= 0.6 is 11.6 Å². The van der Waals surface area contributed by atoms with Gasteiger partial charge < -0.3 is 25.6 Å². The van der Waals surface area contributed by atoms with Gasteiger partial charge in [-0.05, 0) is 52.2 Å². The molecule has 1 aliphatic rings. The van der Waals surface area contributed by atoms with Crippen molar-refractivity contribution in [1.82, 2.24) is 20.5 Å². The Balaban J connectivity index is 2.07. The highest BCUT2D eigenvalue weighted by molar-refractivity contribution is 6.39. The molecule has 0 aliphatic heterocycles. The van der Waals surface area contributed by atoms with Crippen molar-refractivity contribution in [3.63, 3.8) is 0 Å². The zero-order valence-electron chi connectivity index (χ0n) is 18.9. The van der Waals surface area contributed by atoms with E-state index in [9.17, 15) is 19.2 Å². The van der Waals surface area contributed by atoms with Gasteiger partial charge in [-0.2, -0.15) is 0 Å². The number of nitrogens with one attached hydrogen (secondary N) is 3. The summed E-state index contributed by atoms with van der Waals surface area (Å²) >= 11 is 5.76. The first-order valence-electron chi connectivity index (χ1n) is 10.3. The van der Waals surface area contributed by atoms with Crippen LogP contribution in [0.15, 0.2) is 18.3 Å². The van der Waals surface area contributed by atoms with Crippen LogP contribution in [0.4, 0.5) is 10.6 Å². The molecule has 10 nitrogen and oxygen atoms in total. The molecule has 0 aromatic carbocycles. The van der Waals surface area contributed by atoms with Crippen LogP contribution in [-0.2, 0) is 19.1 Å². The number of hydrogen-bond donors (Lipinski definition) is 3. The van der Waals surface area contributed by atoms with Gasteiger partial charge in [-0.1, -0.05) is 11.6 Å². The van der Waals surface area contributed by atoms with Crippen molar-refractivity contribution in [1.29, 1.82) is 0 Å². The average molecular weight is 468 g/mol. The summed E-state index contributed by atoms with van der Waals surface area (Å²) in [4.78, 5) is 54.9. The minimum Gasteiger partial charge on any atom is -0.444 e. The molecule has 1 aromatic heterocycles. The number of nitrogens with zero attached hydrogens (tertiary/aromatic N) is 2. The fraction of sp³-hybridized carbons (Fsp3) is 0.571. The number of alkyl carbamates (subject to hydrolysis) is 1. The van der Waals surface area contributed by atoms with E-state index >= 15 is 0 Å². The molecular weight excluding hydrogens is 438 g/mol. The van der Waals surface area contributed by atoms with Gasteiger partial charge in [-0.15, -0.1) is 0 Å². The molecule has 32 heavy (non-hydrogen) atoms. The van der Waals surface area contributed by atoms with Crippen molar-refractivity contribution in [2.45, 2.75) is 57.7 Å². The van der Waals surface area contributed by atoms with Gasteiger partial charge in [0, 0.05) is 32.3 Å². The molecule has 0 saturated heterocycles. The molecular formula is C21H30ClN5O5. The van der Waals surface area contributed by atoms with Crippen molar-refractivity contribution in [3.8, 4) is 0 Å². The van der Waals surface area contributed by atoms with Gasteiger partial charge in [0.25, 0.3) is 0 Å². The highest BCUT2D eigenvalue weighted by Crippen LogP contribution is 2.27. The number of rotatable bonds is 4. The minimum atomic E-state index is -0.901. The van der Waals surface area contributed by atoms with Gasteiger partial charge >= 0.3 is 17.9 Å². The second-order valence-corrected chi connectivity index (χ2v) is 9.33. The first-order valence-corrected chi connectivity index (χ1v) is 10.7. The van der Waals surface area contributed by atoms with E-state index in [2.05, 4.69) is 20.9 Å². The highest BCUT2D eigenvalue weighted by atomic mass is 35.5. The number of amides is 4. The van der Waals surface area contributed by atoms with Crippen LogP contribution in [0, 0.1) is 5.92 Å². The maximum atomic E-state index is 12.5. The predicted octanol–water partition coefficient (Wildman–Crippen LogP) is 1.94. The lowest BCUT2D eigenvalue weighted by atomic mass is 9.81. The van der Waals surface area contributed by atoms with Crippen LogP contribution in [0.1, 0.15) is 40.0 Å². The molecule has 3 atom stereocenters. The molecule has 2 rings (SSSR count). The number of aromatic nitrogens is 1. The Morgan fingerprint density at radius 1 is 1.06 bits per heavy atom. The predicted molar refractivity (Wildman–Crippen MR) is 119 cm³/mol. The molecule has 1 heterocycles. The Morgan fingerprint density at radius 3 is 2.31 bits per heavy atom. The fourth-order valence-electron chi connectivity index (χ4n) is 3.41. The molecule has 0 spiro atoms. The minimum absolute atomic E-state index is 0.0580. The Hall–Kier alpha value is -2.88. The van der Waals surface area contributed by atoms with E-state index in [0.717, 1.165) is 0 Å². The Morgan fingerprint density at radius 2 is 1.75 bits per heavy atom. The van der Waals surface area contributed by atoms with E-state index in [4.69, 9.17) is 16.3 Å². The third-order valence-electron chi connectivity index (χ3n) is 4.83. The quantitative estimate of drug-likeness (QED) is 0.580. The first-order chi connectivity index (χ1) is 14.9. The molecule has 11 heteroatoms. The van der Waals surface area contributed by atoms with E-state index in [1.54, 1.807) is 34.9 Å². The van der Waals surface area contributed by atoms with E-state index < -0.39 is 35.6 Å². The van der Waals surface area contributed by atoms with Gasteiger partial charge in [-0.3, -0.25) is 14.4 Å². The molecule has 0 radical (unpaired) electrons. The van der Waals surface area contributed by atoms with Gasteiger partial charge in [0.1, 0.15) is 11.4 Å². The molecule has 1 aromatic rings. The standard InChI is InChI=1S/C21H30ClN5O5/c1-21(2,3)32-20(31)25-15-10-12(19(30)27(4)5)6-8-14(15)24-17(28)18(29)26-16-9-7-13(22)11-23-16/h7,9,11-12,14-15H,6,8,10H2,1-5H3,(H,24,28)(H,25,31)(H,23,26,29)/t12-,14+,15-/m0/s1. The summed E-state index contributed by atoms with van der Waals surface area (Å²) in [5.41, 5.74) is -0.707. The number of anilines is 1. The van der Waals surface area contributed by atoms with Gasteiger partial charge in [-0.25, -0.2) is 9.78 Å². The number of carbonyl (C=O) groups excluding carboxylic acids is 4. The van der Waals surface area contributed by atoms with E-state index in [0.29, 0.717) is 24.3 Å². The second-order valence-electron chi connectivity index (χ2n) is 8.89. The van der Waals surface area contributed by atoms with E-state index in [-0.39, 0.29) is 17.6 Å². The maximum Gasteiger partial charge on any atom is 0.407 e. The van der Waals surface area contributed by atoms with Crippen LogP contribution in [0.3, 0.4) is 0 Å². The average Bonchev–Trinajstić information content (AvgIpc) is 2.68. The summed E-state index contributed by atoms with van der Waals surface area (Å²) < 4.78 is 5.32.